The summed E-state index contributed by atoms with van der Waals surface area (Å²) in [6.45, 7) is 1.95. The van der Waals surface area contributed by atoms with E-state index in [0.717, 1.165) is 5.56 Å². The fourth-order valence-electron chi connectivity index (χ4n) is 3.16. The molecule has 0 saturated heterocycles. The van der Waals surface area contributed by atoms with Gasteiger partial charge < -0.3 is 25.6 Å². The second kappa shape index (κ2) is 11.5. The van der Waals surface area contributed by atoms with Crippen LogP contribution in [0, 0.1) is 6.92 Å². The van der Waals surface area contributed by atoms with Gasteiger partial charge in [-0.2, -0.15) is 0 Å². The monoisotopic (exact) mass is 461 g/mol. The molecule has 0 bridgehead atoms. The van der Waals surface area contributed by atoms with E-state index in [1.165, 1.54) is 31.4 Å². The molecule has 0 saturated carbocycles. The highest BCUT2D eigenvalue weighted by Gasteiger charge is 2.26. The molecule has 0 aliphatic carbocycles. The predicted molar refractivity (Wildman–Crippen MR) is 132 cm³/mol. The van der Waals surface area contributed by atoms with Gasteiger partial charge in [-0.1, -0.05) is 42.0 Å². The standard InChI is InChI=1S/C26H27N3O5/c1-17-7-11-19(12-8-17)28-26(32)34-25(18-9-13-20(30)14-10-18)23(33-2)15-16-24(31)29-22-6-4-3-5-21(22)27/h3-16,23,25,30H,27H2,1-2H3,(H,28,32)(H,29,31)/b16-15+/t23-,25-/m0/s1. The quantitative estimate of drug-likeness (QED) is 0.283. The lowest BCUT2D eigenvalue weighted by molar-refractivity contribution is -0.112. The van der Waals surface area contributed by atoms with Crippen molar-refractivity contribution in [3.8, 4) is 5.75 Å². The summed E-state index contributed by atoms with van der Waals surface area (Å²) >= 11 is 0. The number of nitrogens with two attached hydrogens (primary N) is 1. The molecule has 0 radical (unpaired) electrons. The zero-order valence-electron chi connectivity index (χ0n) is 18.9. The number of anilines is 3. The summed E-state index contributed by atoms with van der Waals surface area (Å²) < 4.78 is 11.2. The van der Waals surface area contributed by atoms with Crippen LogP contribution in [0.3, 0.4) is 0 Å². The summed E-state index contributed by atoms with van der Waals surface area (Å²) in [5.41, 5.74) is 8.98. The third-order valence-corrected chi connectivity index (χ3v) is 4.98. The smallest absolute Gasteiger partial charge is 0.412 e. The van der Waals surface area contributed by atoms with Gasteiger partial charge >= 0.3 is 6.09 Å². The number of carbonyl (C=O) groups excluding carboxylic acids is 2. The molecule has 3 aromatic rings. The van der Waals surface area contributed by atoms with Crippen molar-refractivity contribution in [3.63, 3.8) is 0 Å². The minimum Gasteiger partial charge on any atom is -0.508 e. The highest BCUT2D eigenvalue weighted by atomic mass is 16.6. The van der Waals surface area contributed by atoms with Gasteiger partial charge in [0.1, 0.15) is 11.9 Å². The van der Waals surface area contributed by atoms with Gasteiger partial charge in [0.2, 0.25) is 5.91 Å². The Kier molecular flexibility index (Phi) is 8.26. The van der Waals surface area contributed by atoms with Crippen molar-refractivity contribution in [1.29, 1.82) is 0 Å². The van der Waals surface area contributed by atoms with E-state index < -0.39 is 24.2 Å². The third kappa shape index (κ3) is 6.85. The summed E-state index contributed by atoms with van der Waals surface area (Å²) in [5.74, 6) is -0.357. The van der Waals surface area contributed by atoms with Crippen LogP contribution in [0.5, 0.6) is 5.75 Å². The van der Waals surface area contributed by atoms with Crippen LogP contribution < -0.4 is 16.4 Å². The van der Waals surface area contributed by atoms with Gasteiger partial charge in [-0.3, -0.25) is 10.1 Å². The van der Waals surface area contributed by atoms with E-state index in [-0.39, 0.29) is 5.75 Å². The van der Waals surface area contributed by atoms with Crippen LogP contribution in [0.15, 0.2) is 84.9 Å². The third-order valence-electron chi connectivity index (χ3n) is 4.98. The van der Waals surface area contributed by atoms with E-state index in [1.807, 2.05) is 19.1 Å². The zero-order valence-corrected chi connectivity index (χ0v) is 18.9. The number of nitrogens with one attached hydrogen (secondary N) is 2. The van der Waals surface area contributed by atoms with Crippen molar-refractivity contribution in [2.24, 2.45) is 0 Å². The normalized spacial score (nSPS) is 12.6. The summed E-state index contributed by atoms with van der Waals surface area (Å²) in [5, 5.41) is 15.0. The number of hydrogen-bond donors (Lipinski definition) is 4. The highest BCUT2D eigenvalue weighted by Crippen LogP contribution is 2.27. The number of hydrogen-bond acceptors (Lipinski definition) is 6. The van der Waals surface area contributed by atoms with Crippen LogP contribution in [-0.4, -0.2) is 30.3 Å². The van der Waals surface area contributed by atoms with Crippen LogP contribution in [0.25, 0.3) is 0 Å². The minimum absolute atomic E-state index is 0.0657. The summed E-state index contributed by atoms with van der Waals surface area (Å²) in [4.78, 5) is 25.0. The molecule has 0 aliphatic heterocycles. The van der Waals surface area contributed by atoms with Gasteiger partial charge in [-0.25, -0.2) is 4.79 Å². The highest BCUT2D eigenvalue weighted by molar-refractivity contribution is 6.01. The largest absolute Gasteiger partial charge is 0.508 e. The van der Waals surface area contributed by atoms with Gasteiger partial charge in [-0.15, -0.1) is 0 Å². The molecular weight excluding hydrogens is 434 g/mol. The molecule has 3 aromatic carbocycles. The number of amides is 2. The van der Waals surface area contributed by atoms with E-state index in [2.05, 4.69) is 10.6 Å². The summed E-state index contributed by atoms with van der Waals surface area (Å²) in [7, 11) is 1.44. The fourth-order valence-corrected chi connectivity index (χ4v) is 3.16. The molecule has 0 heterocycles. The zero-order chi connectivity index (χ0) is 24.5. The Morgan fingerprint density at radius 3 is 2.29 bits per heavy atom. The van der Waals surface area contributed by atoms with Gasteiger partial charge in [0.15, 0.2) is 6.10 Å². The topological polar surface area (TPSA) is 123 Å². The Morgan fingerprint density at radius 1 is 0.971 bits per heavy atom. The lowest BCUT2D eigenvalue weighted by atomic mass is 10.0. The van der Waals surface area contributed by atoms with Crippen LogP contribution in [0.1, 0.15) is 17.2 Å². The minimum atomic E-state index is -0.901. The van der Waals surface area contributed by atoms with Crippen molar-refractivity contribution in [1.82, 2.24) is 0 Å². The lowest BCUT2D eigenvalue weighted by Crippen LogP contribution is -2.27. The number of aryl methyl sites for hydroxylation is 1. The Bertz CT molecular complexity index is 1140. The number of phenols is 1. The van der Waals surface area contributed by atoms with E-state index in [0.29, 0.717) is 22.6 Å². The number of methoxy groups -OCH3 is 1. The fraction of sp³-hybridized carbons (Fsp3) is 0.154. The summed E-state index contributed by atoms with van der Waals surface area (Å²) in [6.07, 6.45) is 0.383. The molecule has 0 fully saturated rings. The first-order valence-electron chi connectivity index (χ1n) is 10.6. The maximum atomic E-state index is 12.6. The predicted octanol–water partition coefficient (Wildman–Crippen LogP) is 4.78. The molecule has 0 aromatic heterocycles. The van der Waals surface area contributed by atoms with Crippen molar-refractivity contribution >= 4 is 29.1 Å². The molecule has 34 heavy (non-hydrogen) atoms. The number of ether oxygens (including phenoxy) is 2. The molecule has 2 amide bonds. The number of phenolic OH excluding ortho intramolecular Hbond substituents is 1. The summed E-state index contributed by atoms with van der Waals surface area (Å²) in [6, 6.07) is 20.3. The average Bonchev–Trinajstić information content (AvgIpc) is 2.82. The van der Waals surface area contributed by atoms with E-state index in [1.54, 1.807) is 48.5 Å². The van der Waals surface area contributed by atoms with E-state index in [4.69, 9.17) is 15.2 Å². The first-order valence-corrected chi connectivity index (χ1v) is 10.6. The molecule has 0 spiro atoms. The van der Waals surface area contributed by atoms with E-state index >= 15 is 0 Å². The molecule has 176 valence electrons. The number of carbonyl (C=O) groups is 2. The van der Waals surface area contributed by atoms with Crippen molar-refractivity contribution in [2.45, 2.75) is 19.1 Å². The SMILES string of the molecule is CO[C@@H](/C=C/C(=O)Nc1ccccc1N)[C@@H](OC(=O)Nc1ccc(C)cc1)c1ccc(O)cc1. The molecule has 5 N–H and O–H groups in total. The van der Waals surface area contributed by atoms with Crippen LogP contribution in [0.2, 0.25) is 0 Å². The molecule has 8 nitrogen and oxygen atoms in total. The number of aromatic hydroxyl groups is 1. The molecule has 3 rings (SSSR count). The maximum absolute atomic E-state index is 12.6. The molecule has 0 aliphatic rings. The average molecular weight is 462 g/mol. The van der Waals surface area contributed by atoms with E-state index in [9.17, 15) is 14.7 Å². The Labute approximate surface area is 198 Å². The van der Waals surface area contributed by atoms with Crippen LogP contribution in [0.4, 0.5) is 21.9 Å². The first-order chi connectivity index (χ1) is 16.4. The van der Waals surface area contributed by atoms with Gasteiger partial charge in [-0.05, 0) is 55.0 Å². The van der Waals surface area contributed by atoms with Crippen molar-refractivity contribution in [3.05, 3.63) is 96.1 Å². The lowest BCUT2D eigenvalue weighted by Gasteiger charge is -2.24. The van der Waals surface area contributed by atoms with Crippen molar-refractivity contribution in [2.75, 3.05) is 23.5 Å². The number of rotatable bonds is 8. The molecular formula is C26H27N3O5. The number of benzene rings is 3. The molecule has 2 atom stereocenters. The van der Waals surface area contributed by atoms with Crippen molar-refractivity contribution < 1.29 is 24.2 Å². The van der Waals surface area contributed by atoms with Gasteiger partial charge in [0, 0.05) is 18.9 Å². The first kappa shape index (κ1) is 24.3. The Hall–Kier alpha value is -4.30. The number of para-hydroxylation sites is 2. The Morgan fingerprint density at radius 2 is 1.65 bits per heavy atom. The maximum Gasteiger partial charge on any atom is 0.412 e. The Balaban J connectivity index is 1.77. The van der Waals surface area contributed by atoms with Crippen LogP contribution in [-0.2, 0) is 14.3 Å². The van der Waals surface area contributed by atoms with Crippen LogP contribution >= 0.6 is 0 Å². The van der Waals surface area contributed by atoms with Gasteiger partial charge in [0.25, 0.3) is 0 Å². The number of nitrogen functional groups attached to an aromatic ring is 1. The molecule has 8 heteroatoms. The van der Waals surface area contributed by atoms with Gasteiger partial charge in [0.05, 0.1) is 11.4 Å². The second-order valence-corrected chi connectivity index (χ2v) is 7.54. The molecule has 0 unspecified atom stereocenters. The second-order valence-electron chi connectivity index (χ2n) is 7.54.